The standard InChI is InChI=1S/C18H29NO2/c1-14(2)16-4-6-18(7-5-16)21-13-17(20)12-19-10-8-15(3)9-11-19/h4-7,14-15,17,20H,8-13H2,1-3H3/p+1/t17-/m0/s1. The molecule has 0 aliphatic carbocycles. The van der Waals surface area contributed by atoms with Gasteiger partial charge in [0.05, 0.1) is 13.1 Å². The maximum Gasteiger partial charge on any atom is 0.137 e. The van der Waals surface area contributed by atoms with E-state index >= 15 is 0 Å². The van der Waals surface area contributed by atoms with Crippen molar-refractivity contribution in [2.24, 2.45) is 5.92 Å². The van der Waals surface area contributed by atoms with Gasteiger partial charge in [0.2, 0.25) is 0 Å². The first-order chi connectivity index (χ1) is 10.0. The minimum atomic E-state index is -0.377. The van der Waals surface area contributed by atoms with Crippen LogP contribution in [-0.2, 0) is 0 Å². The second-order valence-electron chi connectivity index (χ2n) is 6.83. The zero-order valence-electron chi connectivity index (χ0n) is 13.6. The zero-order chi connectivity index (χ0) is 15.2. The number of aliphatic hydroxyl groups excluding tert-OH is 1. The van der Waals surface area contributed by atoms with Crippen molar-refractivity contribution in [1.82, 2.24) is 0 Å². The Morgan fingerprint density at radius 1 is 1.19 bits per heavy atom. The van der Waals surface area contributed by atoms with Crippen LogP contribution in [-0.4, -0.2) is 37.5 Å². The zero-order valence-corrected chi connectivity index (χ0v) is 13.6. The van der Waals surface area contributed by atoms with Crippen molar-refractivity contribution in [3.63, 3.8) is 0 Å². The molecule has 1 aliphatic heterocycles. The molecule has 0 radical (unpaired) electrons. The molecule has 0 bridgehead atoms. The van der Waals surface area contributed by atoms with Gasteiger partial charge < -0.3 is 14.7 Å². The van der Waals surface area contributed by atoms with Crippen LogP contribution in [0.2, 0.25) is 0 Å². The first-order valence-corrected chi connectivity index (χ1v) is 8.29. The van der Waals surface area contributed by atoms with E-state index in [4.69, 9.17) is 4.74 Å². The Morgan fingerprint density at radius 2 is 1.81 bits per heavy atom. The predicted molar refractivity (Wildman–Crippen MR) is 86.0 cm³/mol. The highest BCUT2D eigenvalue weighted by atomic mass is 16.5. The molecular formula is C18H30NO2+. The van der Waals surface area contributed by atoms with Crippen LogP contribution >= 0.6 is 0 Å². The second kappa shape index (κ2) is 7.81. The Balaban J connectivity index is 1.72. The lowest BCUT2D eigenvalue weighted by atomic mass is 9.99. The molecule has 2 rings (SSSR count). The topological polar surface area (TPSA) is 33.9 Å². The summed E-state index contributed by atoms with van der Waals surface area (Å²) in [6.45, 7) is 10.2. The van der Waals surface area contributed by atoms with E-state index in [0.29, 0.717) is 12.5 Å². The van der Waals surface area contributed by atoms with Crippen LogP contribution in [0.25, 0.3) is 0 Å². The van der Waals surface area contributed by atoms with Crippen LogP contribution < -0.4 is 9.64 Å². The average molecular weight is 292 g/mol. The van der Waals surface area contributed by atoms with Gasteiger partial charge >= 0.3 is 0 Å². The molecule has 0 amide bonds. The van der Waals surface area contributed by atoms with Gasteiger partial charge in [-0.05, 0) is 42.4 Å². The molecule has 1 aromatic carbocycles. The Bertz CT molecular complexity index is 408. The van der Waals surface area contributed by atoms with Crippen LogP contribution in [0.5, 0.6) is 5.75 Å². The van der Waals surface area contributed by atoms with Gasteiger partial charge in [-0.25, -0.2) is 0 Å². The summed E-state index contributed by atoms with van der Waals surface area (Å²) < 4.78 is 5.70. The minimum absolute atomic E-state index is 0.377. The third-order valence-electron chi connectivity index (χ3n) is 4.49. The third kappa shape index (κ3) is 5.33. The fourth-order valence-corrected chi connectivity index (χ4v) is 2.91. The first-order valence-electron chi connectivity index (χ1n) is 8.29. The number of likely N-dealkylation sites (tertiary alicyclic amines) is 1. The van der Waals surface area contributed by atoms with Gasteiger partial charge in [0.1, 0.15) is 25.0 Å². The molecule has 3 heteroatoms. The van der Waals surface area contributed by atoms with E-state index in [1.807, 2.05) is 12.1 Å². The van der Waals surface area contributed by atoms with Crippen molar-refractivity contribution in [2.75, 3.05) is 26.2 Å². The summed E-state index contributed by atoms with van der Waals surface area (Å²) in [5, 5.41) is 10.1. The quantitative estimate of drug-likeness (QED) is 0.839. The summed E-state index contributed by atoms with van der Waals surface area (Å²) in [6, 6.07) is 8.20. The number of benzene rings is 1. The van der Waals surface area contributed by atoms with E-state index in [0.717, 1.165) is 18.2 Å². The maximum absolute atomic E-state index is 10.1. The monoisotopic (exact) mass is 292 g/mol. The molecule has 0 unspecified atom stereocenters. The van der Waals surface area contributed by atoms with Gasteiger partial charge in [-0.15, -0.1) is 0 Å². The Kier molecular flexibility index (Phi) is 6.07. The number of nitrogens with one attached hydrogen (secondary N) is 1. The molecule has 0 aromatic heterocycles. The minimum Gasteiger partial charge on any atom is -0.491 e. The van der Waals surface area contributed by atoms with Crippen molar-refractivity contribution in [1.29, 1.82) is 0 Å². The molecule has 1 heterocycles. The molecular weight excluding hydrogens is 262 g/mol. The molecule has 1 atom stereocenters. The van der Waals surface area contributed by atoms with E-state index < -0.39 is 0 Å². The average Bonchev–Trinajstić information content (AvgIpc) is 2.48. The van der Waals surface area contributed by atoms with Crippen molar-refractivity contribution < 1.29 is 14.7 Å². The number of hydrogen-bond donors (Lipinski definition) is 2. The summed E-state index contributed by atoms with van der Waals surface area (Å²) in [7, 11) is 0. The maximum atomic E-state index is 10.1. The van der Waals surface area contributed by atoms with Crippen molar-refractivity contribution in [3.8, 4) is 5.75 Å². The fraction of sp³-hybridized carbons (Fsp3) is 0.667. The highest BCUT2D eigenvalue weighted by molar-refractivity contribution is 5.28. The van der Waals surface area contributed by atoms with Crippen LogP contribution in [0.4, 0.5) is 0 Å². The lowest BCUT2D eigenvalue weighted by Crippen LogP contribution is -3.14. The van der Waals surface area contributed by atoms with Crippen LogP contribution in [0.15, 0.2) is 24.3 Å². The number of ether oxygens (including phenoxy) is 1. The Hall–Kier alpha value is -1.06. The van der Waals surface area contributed by atoms with E-state index in [1.165, 1.54) is 36.4 Å². The molecule has 118 valence electrons. The van der Waals surface area contributed by atoms with Gasteiger partial charge in [0.15, 0.2) is 0 Å². The summed E-state index contributed by atoms with van der Waals surface area (Å²) in [5.41, 5.74) is 1.31. The van der Waals surface area contributed by atoms with Crippen molar-refractivity contribution in [2.45, 2.75) is 45.6 Å². The summed E-state index contributed by atoms with van der Waals surface area (Å²) in [6.07, 6.45) is 2.18. The largest absolute Gasteiger partial charge is 0.491 e. The highest BCUT2D eigenvalue weighted by Gasteiger charge is 2.21. The van der Waals surface area contributed by atoms with Gasteiger partial charge in [-0.2, -0.15) is 0 Å². The van der Waals surface area contributed by atoms with E-state index in [2.05, 4.69) is 32.9 Å². The molecule has 1 aliphatic rings. The molecule has 1 fully saturated rings. The van der Waals surface area contributed by atoms with Gasteiger partial charge in [-0.1, -0.05) is 32.9 Å². The number of quaternary nitrogens is 1. The van der Waals surface area contributed by atoms with Gasteiger partial charge in [-0.3, -0.25) is 0 Å². The number of rotatable bonds is 6. The first kappa shape index (κ1) is 16.3. The number of aliphatic hydroxyl groups is 1. The van der Waals surface area contributed by atoms with Crippen LogP contribution in [0.1, 0.15) is 45.1 Å². The van der Waals surface area contributed by atoms with Gasteiger partial charge in [0.25, 0.3) is 0 Å². The van der Waals surface area contributed by atoms with E-state index in [1.54, 1.807) is 0 Å². The van der Waals surface area contributed by atoms with E-state index in [-0.39, 0.29) is 6.10 Å². The highest BCUT2D eigenvalue weighted by Crippen LogP contribution is 2.18. The summed E-state index contributed by atoms with van der Waals surface area (Å²) in [5.74, 6) is 2.23. The molecule has 1 aromatic rings. The smallest absolute Gasteiger partial charge is 0.137 e. The SMILES string of the molecule is CC1CC[NH+](C[C@H](O)COc2ccc(C(C)C)cc2)CC1. The fourth-order valence-electron chi connectivity index (χ4n) is 2.91. The molecule has 0 saturated carbocycles. The number of hydrogen-bond acceptors (Lipinski definition) is 2. The van der Waals surface area contributed by atoms with Gasteiger partial charge in [0, 0.05) is 0 Å². The van der Waals surface area contributed by atoms with Crippen molar-refractivity contribution >= 4 is 0 Å². The molecule has 3 nitrogen and oxygen atoms in total. The van der Waals surface area contributed by atoms with E-state index in [9.17, 15) is 5.11 Å². The lowest BCUT2D eigenvalue weighted by molar-refractivity contribution is -0.909. The second-order valence-corrected chi connectivity index (χ2v) is 6.83. The molecule has 0 spiro atoms. The van der Waals surface area contributed by atoms with Crippen LogP contribution in [0, 0.1) is 5.92 Å². The summed E-state index contributed by atoms with van der Waals surface area (Å²) >= 11 is 0. The Labute approximate surface area is 128 Å². The lowest BCUT2D eigenvalue weighted by Gasteiger charge is -2.28. The van der Waals surface area contributed by atoms with Crippen molar-refractivity contribution in [3.05, 3.63) is 29.8 Å². The number of piperidine rings is 1. The normalized spacial score (nSPS) is 24.0. The van der Waals surface area contributed by atoms with Crippen LogP contribution in [0.3, 0.4) is 0 Å². The predicted octanol–water partition coefficient (Wildman–Crippen LogP) is 1.86. The molecule has 2 N–H and O–H groups in total. The third-order valence-corrected chi connectivity index (χ3v) is 4.49. The Morgan fingerprint density at radius 3 is 2.38 bits per heavy atom. The molecule has 21 heavy (non-hydrogen) atoms. The molecule has 1 saturated heterocycles. The summed E-state index contributed by atoms with van der Waals surface area (Å²) in [4.78, 5) is 1.51.